The number of methoxy groups -OCH3 is 3. The highest BCUT2D eigenvalue weighted by molar-refractivity contribution is 6.08. The Balaban J connectivity index is 2.30. The smallest absolute Gasteiger partial charge is 0.189 e. The zero-order valence-corrected chi connectivity index (χ0v) is 15.3. The molecule has 0 aromatic heterocycles. The molecule has 0 aliphatic carbocycles. The van der Waals surface area contributed by atoms with Gasteiger partial charge in [0.15, 0.2) is 5.78 Å². The van der Waals surface area contributed by atoms with Crippen LogP contribution >= 0.6 is 0 Å². The minimum Gasteiger partial charge on any atom is -0.497 e. The van der Waals surface area contributed by atoms with Gasteiger partial charge in [-0.1, -0.05) is 26.0 Å². The quantitative estimate of drug-likeness (QED) is 0.540. The van der Waals surface area contributed by atoms with Crippen LogP contribution in [0.1, 0.15) is 41.3 Å². The summed E-state index contributed by atoms with van der Waals surface area (Å²) in [6, 6.07) is 11.1. The van der Waals surface area contributed by atoms with Gasteiger partial charge in [-0.25, -0.2) is 0 Å². The van der Waals surface area contributed by atoms with Crippen molar-refractivity contribution in [3.8, 4) is 17.2 Å². The maximum Gasteiger partial charge on any atom is 0.189 e. The predicted octanol–water partition coefficient (Wildman–Crippen LogP) is 4.73. The minimum absolute atomic E-state index is 0.141. The molecule has 0 amide bonds. The van der Waals surface area contributed by atoms with Crippen LogP contribution in [0.5, 0.6) is 17.2 Å². The Hall–Kier alpha value is -2.75. The zero-order chi connectivity index (χ0) is 18.4. The maximum absolute atomic E-state index is 12.6. The molecule has 0 aliphatic heterocycles. The summed E-state index contributed by atoms with van der Waals surface area (Å²) in [7, 11) is 4.77. The number of ketones is 1. The van der Waals surface area contributed by atoms with Crippen molar-refractivity contribution in [1.82, 2.24) is 0 Å². The minimum atomic E-state index is -0.141. The lowest BCUT2D eigenvalue weighted by Crippen LogP contribution is -2.00. The Morgan fingerprint density at radius 1 is 0.920 bits per heavy atom. The summed E-state index contributed by atoms with van der Waals surface area (Å²) in [4.78, 5) is 12.6. The average molecular weight is 340 g/mol. The topological polar surface area (TPSA) is 44.8 Å². The van der Waals surface area contributed by atoms with Crippen molar-refractivity contribution in [1.29, 1.82) is 0 Å². The Morgan fingerprint density at radius 2 is 1.60 bits per heavy atom. The van der Waals surface area contributed by atoms with Crippen LogP contribution in [-0.2, 0) is 0 Å². The number of ether oxygens (including phenoxy) is 3. The van der Waals surface area contributed by atoms with Gasteiger partial charge in [0.1, 0.15) is 17.2 Å². The van der Waals surface area contributed by atoms with E-state index in [0.29, 0.717) is 23.0 Å². The van der Waals surface area contributed by atoms with Gasteiger partial charge in [-0.15, -0.1) is 0 Å². The average Bonchev–Trinajstić information content (AvgIpc) is 2.65. The van der Waals surface area contributed by atoms with Gasteiger partial charge in [0.05, 0.1) is 26.9 Å². The van der Waals surface area contributed by atoms with Crippen LogP contribution in [0.4, 0.5) is 0 Å². The molecular formula is C21H24O4. The first-order chi connectivity index (χ1) is 12.0. The Labute approximate surface area is 149 Å². The summed E-state index contributed by atoms with van der Waals surface area (Å²) in [5.74, 6) is 2.18. The molecule has 4 nitrogen and oxygen atoms in total. The summed E-state index contributed by atoms with van der Waals surface area (Å²) in [6.45, 7) is 4.22. The molecule has 0 bridgehead atoms. The number of carbonyl (C=O) groups excluding carboxylic acids is 1. The third kappa shape index (κ3) is 4.41. The van der Waals surface area contributed by atoms with Gasteiger partial charge in [-0.3, -0.25) is 4.79 Å². The van der Waals surface area contributed by atoms with Gasteiger partial charge < -0.3 is 14.2 Å². The van der Waals surface area contributed by atoms with Crippen LogP contribution in [0.3, 0.4) is 0 Å². The van der Waals surface area contributed by atoms with Crippen molar-refractivity contribution in [2.24, 2.45) is 0 Å². The summed E-state index contributed by atoms with van der Waals surface area (Å²) >= 11 is 0. The van der Waals surface area contributed by atoms with Gasteiger partial charge in [0, 0.05) is 0 Å². The second-order valence-electron chi connectivity index (χ2n) is 5.92. The number of rotatable bonds is 7. The fourth-order valence-corrected chi connectivity index (χ4v) is 2.58. The summed E-state index contributed by atoms with van der Waals surface area (Å²) in [5, 5.41) is 0. The van der Waals surface area contributed by atoms with E-state index in [4.69, 9.17) is 14.2 Å². The molecule has 0 saturated heterocycles. The first-order valence-corrected chi connectivity index (χ1v) is 8.12. The molecule has 0 unspecified atom stereocenters. The van der Waals surface area contributed by atoms with E-state index in [0.717, 1.165) is 16.9 Å². The molecule has 2 rings (SSSR count). The van der Waals surface area contributed by atoms with E-state index in [2.05, 4.69) is 13.8 Å². The predicted molar refractivity (Wildman–Crippen MR) is 100.0 cm³/mol. The SMILES string of the molecule is COc1ccc(OC)c(C(=O)/C=C/c2ccc(OC)c(C(C)C)c2)c1. The van der Waals surface area contributed by atoms with E-state index in [9.17, 15) is 4.79 Å². The first kappa shape index (κ1) is 18.6. The standard InChI is InChI=1S/C21H24O4/c1-14(2)17-12-15(7-10-20(17)24-4)6-9-19(22)18-13-16(23-3)8-11-21(18)25-5/h6-14H,1-5H3/b9-6+. The summed E-state index contributed by atoms with van der Waals surface area (Å²) in [5.41, 5.74) is 2.52. The number of carbonyl (C=O) groups is 1. The van der Waals surface area contributed by atoms with Crippen LogP contribution in [0, 0.1) is 0 Å². The number of allylic oxidation sites excluding steroid dienone is 1. The van der Waals surface area contributed by atoms with E-state index in [1.54, 1.807) is 51.7 Å². The second-order valence-corrected chi connectivity index (χ2v) is 5.92. The maximum atomic E-state index is 12.6. The van der Waals surface area contributed by atoms with E-state index in [1.165, 1.54) is 0 Å². The molecule has 132 valence electrons. The highest BCUT2D eigenvalue weighted by Gasteiger charge is 2.12. The molecule has 0 heterocycles. The number of benzene rings is 2. The van der Waals surface area contributed by atoms with Crippen molar-refractivity contribution >= 4 is 11.9 Å². The number of hydrogen-bond donors (Lipinski definition) is 0. The van der Waals surface area contributed by atoms with Crippen molar-refractivity contribution in [2.45, 2.75) is 19.8 Å². The molecule has 2 aromatic carbocycles. The molecule has 0 fully saturated rings. The van der Waals surface area contributed by atoms with Gasteiger partial charge in [0.2, 0.25) is 0 Å². The molecular weight excluding hydrogens is 316 g/mol. The molecule has 4 heteroatoms. The normalized spacial score (nSPS) is 11.0. The van der Waals surface area contributed by atoms with E-state index < -0.39 is 0 Å². The largest absolute Gasteiger partial charge is 0.497 e. The monoisotopic (exact) mass is 340 g/mol. The number of hydrogen-bond acceptors (Lipinski definition) is 4. The van der Waals surface area contributed by atoms with E-state index in [1.807, 2.05) is 18.2 Å². The summed E-state index contributed by atoms with van der Waals surface area (Å²) in [6.07, 6.45) is 3.34. The lowest BCUT2D eigenvalue weighted by atomic mass is 9.99. The fraction of sp³-hybridized carbons (Fsp3) is 0.286. The van der Waals surface area contributed by atoms with E-state index in [-0.39, 0.29) is 5.78 Å². The Bertz CT molecular complexity index is 775. The van der Waals surface area contributed by atoms with Gasteiger partial charge in [-0.05, 0) is 53.5 Å². The van der Waals surface area contributed by atoms with Crippen LogP contribution in [0.25, 0.3) is 6.08 Å². The van der Waals surface area contributed by atoms with Crippen LogP contribution in [0.15, 0.2) is 42.5 Å². The highest BCUT2D eigenvalue weighted by Crippen LogP contribution is 2.28. The highest BCUT2D eigenvalue weighted by atomic mass is 16.5. The van der Waals surface area contributed by atoms with Crippen LogP contribution < -0.4 is 14.2 Å². The van der Waals surface area contributed by atoms with Crippen molar-refractivity contribution in [3.05, 3.63) is 59.2 Å². The molecule has 25 heavy (non-hydrogen) atoms. The second kappa shape index (κ2) is 8.38. The third-order valence-electron chi connectivity index (χ3n) is 3.98. The molecule has 0 N–H and O–H groups in total. The Kier molecular flexibility index (Phi) is 6.23. The lowest BCUT2D eigenvalue weighted by Gasteiger charge is -2.12. The zero-order valence-electron chi connectivity index (χ0n) is 15.3. The van der Waals surface area contributed by atoms with E-state index >= 15 is 0 Å². The van der Waals surface area contributed by atoms with Crippen molar-refractivity contribution < 1.29 is 19.0 Å². The van der Waals surface area contributed by atoms with Gasteiger partial charge >= 0.3 is 0 Å². The summed E-state index contributed by atoms with van der Waals surface area (Å²) < 4.78 is 15.9. The molecule has 2 aromatic rings. The van der Waals surface area contributed by atoms with Gasteiger partial charge in [-0.2, -0.15) is 0 Å². The first-order valence-electron chi connectivity index (χ1n) is 8.12. The van der Waals surface area contributed by atoms with Gasteiger partial charge in [0.25, 0.3) is 0 Å². The van der Waals surface area contributed by atoms with Crippen LogP contribution in [-0.4, -0.2) is 27.1 Å². The Morgan fingerprint density at radius 3 is 2.20 bits per heavy atom. The molecule has 0 spiro atoms. The fourth-order valence-electron chi connectivity index (χ4n) is 2.58. The van der Waals surface area contributed by atoms with Crippen molar-refractivity contribution in [3.63, 3.8) is 0 Å². The third-order valence-corrected chi connectivity index (χ3v) is 3.98. The van der Waals surface area contributed by atoms with Crippen molar-refractivity contribution in [2.75, 3.05) is 21.3 Å². The lowest BCUT2D eigenvalue weighted by molar-refractivity contribution is 0.104. The molecule has 0 saturated carbocycles. The van der Waals surface area contributed by atoms with Crippen LogP contribution in [0.2, 0.25) is 0 Å². The molecule has 0 atom stereocenters. The molecule has 0 radical (unpaired) electrons. The molecule has 0 aliphatic rings.